The van der Waals surface area contributed by atoms with Gasteiger partial charge < -0.3 is 10.0 Å². The summed E-state index contributed by atoms with van der Waals surface area (Å²) in [7, 11) is 0. The van der Waals surface area contributed by atoms with Crippen molar-refractivity contribution < 1.29 is 5.11 Å². The van der Waals surface area contributed by atoms with Gasteiger partial charge >= 0.3 is 0 Å². The maximum Gasteiger partial charge on any atom is 0.0916 e. The van der Waals surface area contributed by atoms with Crippen molar-refractivity contribution in [3.63, 3.8) is 0 Å². The molecule has 1 atom stereocenters. The van der Waals surface area contributed by atoms with Crippen molar-refractivity contribution in [3.8, 4) is 0 Å². The first-order chi connectivity index (χ1) is 10.7. The van der Waals surface area contributed by atoms with E-state index < -0.39 is 0 Å². The molecule has 22 heavy (non-hydrogen) atoms. The summed E-state index contributed by atoms with van der Waals surface area (Å²) >= 11 is 0. The quantitative estimate of drug-likeness (QED) is 0.551. The van der Waals surface area contributed by atoms with Crippen LogP contribution in [0.25, 0.3) is 0 Å². The second-order valence-corrected chi connectivity index (χ2v) is 6.31. The minimum absolute atomic E-state index is 0.369. The Kier molecular flexibility index (Phi) is 10.2. The van der Waals surface area contributed by atoms with Crippen molar-refractivity contribution in [2.75, 3.05) is 19.6 Å². The van der Waals surface area contributed by atoms with Crippen LogP contribution in [0.4, 0.5) is 0 Å². The molecule has 0 aliphatic rings. The Labute approximate surface area is 137 Å². The Hall–Kier alpha value is -0.860. The molecule has 0 spiro atoms. The first kappa shape index (κ1) is 19.2. The molecular weight excluding hydrogens is 270 g/mol. The predicted octanol–water partition coefficient (Wildman–Crippen LogP) is 4.96. The van der Waals surface area contributed by atoms with Gasteiger partial charge in [-0.15, -0.1) is 0 Å². The van der Waals surface area contributed by atoms with Crippen molar-refractivity contribution in [1.29, 1.82) is 0 Å². The number of aliphatic hydroxyl groups is 1. The summed E-state index contributed by atoms with van der Waals surface area (Å²) in [5.74, 6) is 0. The van der Waals surface area contributed by atoms with E-state index in [9.17, 15) is 5.11 Å². The van der Waals surface area contributed by atoms with Gasteiger partial charge in [0.2, 0.25) is 0 Å². The third-order valence-electron chi connectivity index (χ3n) is 4.39. The molecule has 126 valence electrons. The lowest BCUT2D eigenvalue weighted by molar-refractivity contribution is 0.115. The van der Waals surface area contributed by atoms with Crippen LogP contribution in [0.2, 0.25) is 0 Å². The molecule has 1 aromatic rings. The van der Waals surface area contributed by atoms with Crippen molar-refractivity contribution >= 4 is 0 Å². The maximum absolute atomic E-state index is 10.4. The second kappa shape index (κ2) is 11.7. The van der Waals surface area contributed by atoms with Gasteiger partial charge in [0.1, 0.15) is 0 Å². The molecule has 1 aromatic carbocycles. The van der Waals surface area contributed by atoms with Crippen LogP contribution in [-0.4, -0.2) is 29.6 Å². The van der Waals surface area contributed by atoms with E-state index in [1.165, 1.54) is 44.1 Å². The Morgan fingerprint density at radius 3 is 2.18 bits per heavy atom. The molecule has 2 heteroatoms. The lowest BCUT2D eigenvalue weighted by Crippen LogP contribution is -2.29. The van der Waals surface area contributed by atoms with E-state index in [1.807, 2.05) is 0 Å². The fourth-order valence-electron chi connectivity index (χ4n) is 2.77. The summed E-state index contributed by atoms with van der Waals surface area (Å²) in [6.07, 6.45) is 8.43. The number of hydrogen-bond acceptors (Lipinski definition) is 2. The Balaban J connectivity index is 2.43. The molecule has 2 nitrogen and oxygen atoms in total. The molecule has 0 radical (unpaired) electrons. The molecule has 0 fully saturated rings. The van der Waals surface area contributed by atoms with Crippen molar-refractivity contribution in [2.24, 2.45) is 0 Å². The van der Waals surface area contributed by atoms with Gasteiger partial charge in [0.15, 0.2) is 0 Å². The van der Waals surface area contributed by atoms with Crippen LogP contribution in [0.15, 0.2) is 24.3 Å². The lowest BCUT2D eigenvalue weighted by atomic mass is 10.0. The number of hydrogen-bond donors (Lipinski definition) is 1. The van der Waals surface area contributed by atoms with Crippen LogP contribution in [0.1, 0.15) is 76.5 Å². The smallest absolute Gasteiger partial charge is 0.0916 e. The lowest BCUT2D eigenvalue weighted by Gasteiger charge is -2.23. The minimum atomic E-state index is -0.369. The highest BCUT2D eigenvalue weighted by Gasteiger charge is 2.12. The standard InChI is InChI=1S/C20H35NO/c1-4-7-9-10-11-18-12-14-19(15-13-18)20(22)17-21(6-3)16-8-5-2/h12-15,20,22H,4-11,16-17H2,1-3H3. The van der Waals surface area contributed by atoms with Gasteiger partial charge in [-0.1, -0.05) is 70.7 Å². The average Bonchev–Trinajstić information content (AvgIpc) is 2.55. The van der Waals surface area contributed by atoms with Crippen LogP contribution < -0.4 is 0 Å². The summed E-state index contributed by atoms with van der Waals surface area (Å²) in [5.41, 5.74) is 2.44. The number of aliphatic hydroxyl groups excluding tert-OH is 1. The van der Waals surface area contributed by atoms with E-state index >= 15 is 0 Å². The Bertz CT molecular complexity index is 374. The van der Waals surface area contributed by atoms with Gasteiger partial charge in [0.05, 0.1) is 6.10 Å². The third kappa shape index (κ3) is 7.42. The molecule has 0 saturated heterocycles. The Morgan fingerprint density at radius 2 is 1.59 bits per heavy atom. The van der Waals surface area contributed by atoms with Gasteiger partial charge in [0.25, 0.3) is 0 Å². The summed E-state index contributed by atoms with van der Waals surface area (Å²) in [5, 5.41) is 10.4. The molecule has 0 bridgehead atoms. The minimum Gasteiger partial charge on any atom is -0.387 e. The zero-order valence-corrected chi connectivity index (χ0v) is 14.9. The van der Waals surface area contributed by atoms with Gasteiger partial charge in [-0.3, -0.25) is 0 Å². The molecule has 0 aliphatic heterocycles. The summed E-state index contributed by atoms with van der Waals surface area (Å²) < 4.78 is 0. The zero-order valence-electron chi connectivity index (χ0n) is 14.9. The zero-order chi connectivity index (χ0) is 16.2. The highest BCUT2D eigenvalue weighted by Crippen LogP contribution is 2.17. The highest BCUT2D eigenvalue weighted by molar-refractivity contribution is 5.24. The largest absolute Gasteiger partial charge is 0.387 e. The van der Waals surface area contributed by atoms with E-state index in [0.717, 1.165) is 31.6 Å². The molecule has 0 amide bonds. The average molecular weight is 306 g/mol. The van der Waals surface area contributed by atoms with Gasteiger partial charge in [-0.25, -0.2) is 0 Å². The van der Waals surface area contributed by atoms with Crippen molar-refractivity contribution in [3.05, 3.63) is 35.4 Å². The van der Waals surface area contributed by atoms with E-state index in [0.29, 0.717) is 0 Å². The maximum atomic E-state index is 10.4. The van der Waals surface area contributed by atoms with Crippen LogP contribution >= 0.6 is 0 Å². The number of nitrogens with zero attached hydrogens (tertiary/aromatic N) is 1. The summed E-state index contributed by atoms with van der Waals surface area (Å²) in [4.78, 5) is 2.34. The second-order valence-electron chi connectivity index (χ2n) is 6.31. The van der Waals surface area contributed by atoms with Gasteiger partial charge in [0, 0.05) is 6.54 Å². The Morgan fingerprint density at radius 1 is 0.909 bits per heavy atom. The molecule has 0 aliphatic carbocycles. The van der Waals surface area contributed by atoms with E-state index in [1.54, 1.807) is 0 Å². The highest BCUT2D eigenvalue weighted by atomic mass is 16.3. The van der Waals surface area contributed by atoms with Crippen LogP contribution in [0, 0.1) is 0 Å². The third-order valence-corrected chi connectivity index (χ3v) is 4.39. The molecule has 1 unspecified atom stereocenters. The molecule has 0 aromatic heterocycles. The van der Waals surface area contributed by atoms with E-state index in [2.05, 4.69) is 49.9 Å². The van der Waals surface area contributed by atoms with Crippen molar-refractivity contribution in [2.45, 2.75) is 71.8 Å². The summed E-state index contributed by atoms with van der Waals surface area (Å²) in [6.45, 7) is 9.46. The normalized spacial score (nSPS) is 12.8. The first-order valence-corrected chi connectivity index (χ1v) is 9.20. The fraction of sp³-hybridized carbons (Fsp3) is 0.700. The molecule has 0 heterocycles. The number of unbranched alkanes of at least 4 members (excludes halogenated alkanes) is 4. The molecule has 1 rings (SSSR count). The van der Waals surface area contributed by atoms with Crippen LogP contribution in [0.5, 0.6) is 0 Å². The number of benzene rings is 1. The molecule has 0 saturated carbocycles. The fourth-order valence-corrected chi connectivity index (χ4v) is 2.77. The van der Waals surface area contributed by atoms with Gasteiger partial charge in [-0.05, 0) is 43.5 Å². The SMILES string of the molecule is CCCCCCc1ccc(C(O)CN(CC)CCCC)cc1. The first-order valence-electron chi connectivity index (χ1n) is 9.20. The van der Waals surface area contributed by atoms with Crippen LogP contribution in [0.3, 0.4) is 0 Å². The predicted molar refractivity (Wildman–Crippen MR) is 96.3 cm³/mol. The van der Waals surface area contributed by atoms with Crippen LogP contribution in [-0.2, 0) is 6.42 Å². The number of aryl methyl sites for hydroxylation is 1. The van der Waals surface area contributed by atoms with Crippen molar-refractivity contribution in [1.82, 2.24) is 4.90 Å². The summed E-state index contributed by atoms with van der Waals surface area (Å²) in [6, 6.07) is 8.58. The number of likely N-dealkylation sites (N-methyl/N-ethyl adjacent to an activating group) is 1. The number of rotatable bonds is 12. The molecular formula is C20H35NO. The topological polar surface area (TPSA) is 23.5 Å². The monoisotopic (exact) mass is 305 g/mol. The van der Waals surface area contributed by atoms with E-state index in [-0.39, 0.29) is 6.10 Å². The van der Waals surface area contributed by atoms with Gasteiger partial charge in [-0.2, -0.15) is 0 Å². The molecule has 1 N–H and O–H groups in total. The van der Waals surface area contributed by atoms with E-state index in [4.69, 9.17) is 0 Å².